The van der Waals surface area contributed by atoms with E-state index in [2.05, 4.69) is 27.6 Å². The van der Waals surface area contributed by atoms with Crippen molar-refractivity contribution in [2.24, 2.45) is 5.41 Å². The first-order chi connectivity index (χ1) is 14.1. The molecule has 6 nitrogen and oxygen atoms in total. The van der Waals surface area contributed by atoms with Gasteiger partial charge in [-0.1, -0.05) is 43.2 Å². The van der Waals surface area contributed by atoms with E-state index in [1.807, 2.05) is 18.2 Å². The number of aromatic amines is 1. The average molecular weight is 393 g/mol. The number of aryl methyl sites for hydroxylation is 1. The maximum Gasteiger partial charge on any atom is 0.274 e. The summed E-state index contributed by atoms with van der Waals surface area (Å²) in [5, 5.41) is 10.6. The lowest BCUT2D eigenvalue weighted by Gasteiger charge is -2.49. The van der Waals surface area contributed by atoms with E-state index in [1.54, 1.807) is 4.90 Å². The Hall–Kier alpha value is -2.63. The summed E-state index contributed by atoms with van der Waals surface area (Å²) in [6.07, 6.45) is 8.12. The number of hydrogen-bond acceptors (Lipinski definition) is 3. The highest BCUT2D eigenvalue weighted by atomic mass is 16.2. The summed E-state index contributed by atoms with van der Waals surface area (Å²) in [4.78, 5) is 28.1. The molecule has 2 aromatic rings. The molecule has 2 N–H and O–H groups in total. The molecule has 0 radical (unpaired) electrons. The molecule has 152 valence electrons. The Bertz CT molecular complexity index is 908. The molecule has 1 aromatic heterocycles. The third-order valence-corrected chi connectivity index (χ3v) is 6.84. The van der Waals surface area contributed by atoms with Crippen LogP contribution in [0.15, 0.2) is 30.3 Å². The number of aromatic nitrogens is 2. The Morgan fingerprint density at radius 2 is 1.86 bits per heavy atom. The largest absolute Gasteiger partial charge is 0.353 e. The van der Waals surface area contributed by atoms with E-state index in [1.165, 1.54) is 12.8 Å². The molecule has 3 aliphatic rings. The fourth-order valence-corrected chi connectivity index (χ4v) is 5.20. The van der Waals surface area contributed by atoms with Crippen LogP contribution in [-0.4, -0.2) is 46.0 Å². The summed E-state index contributed by atoms with van der Waals surface area (Å²) in [7, 11) is 0. The van der Waals surface area contributed by atoms with Crippen molar-refractivity contribution in [1.29, 1.82) is 0 Å². The number of rotatable bonds is 5. The quantitative estimate of drug-likeness (QED) is 0.821. The number of nitrogens with one attached hydrogen (secondary N) is 2. The van der Waals surface area contributed by atoms with Crippen LogP contribution in [0.25, 0.3) is 0 Å². The Kier molecular flexibility index (Phi) is 4.64. The Morgan fingerprint density at radius 1 is 1.10 bits per heavy atom. The molecule has 2 aliphatic carbocycles. The van der Waals surface area contributed by atoms with Gasteiger partial charge >= 0.3 is 0 Å². The van der Waals surface area contributed by atoms with E-state index in [0.717, 1.165) is 48.9 Å². The van der Waals surface area contributed by atoms with Crippen molar-refractivity contribution < 1.29 is 9.59 Å². The fraction of sp³-hybridized carbons (Fsp3) is 0.522. The van der Waals surface area contributed by atoms with Gasteiger partial charge in [-0.05, 0) is 44.1 Å². The summed E-state index contributed by atoms with van der Waals surface area (Å²) in [6.45, 7) is 0.918. The van der Waals surface area contributed by atoms with Crippen molar-refractivity contribution in [3.8, 4) is 0 Å². The average Bonchev–Trinajstić information content (AvgIpc) is 3.43. The van der Waals surface area contributed by atoms with Crippen LogP contribution in [0, 0.1) is 5.41 Å². The molecular formula is C23H28N4O2. The van der Waals surface area contributed by atoms with Crippen molar-refractivity contribution in [2.45, 2.75) is 57.4 Å². The van der Waals surface area contributed by atoms with Crippen LogP contribution in [0.2, 0.25) is 0 Å². The summed E-state index contributed by atoms with van der Waals surface area (Å²) >= 11 is 0. The smallest absolute Gasteiger partial charge is 0.274 e. The van der Waals surface area contributed by atoms with Gasteiger partial charge in [-0.15, -0.1) is 0 Å². The number of hydrogen-bond donors (Lipinski definition) is 2. The highest BCUT2D eigenvalue weighted by molar-refractivity contribution is 5.97. The van der Waals surface area contributed by atoms with Gasteiger partial charge in [-0.3, -0.25) is 14.7 Å². The second kappa shape index (κ2) is 7.32. The van der Waals surface area contributed by atoms with Gasteiger partial charge in [0.25, 0.3) is 5.91 Å². The van der Waals surface area contributed by atoms with Crippen LogP contribution >= 0.6 is 0 Å². The summed E-state index contributed by atoms with van der Waals surface area (Å²) in [5.41, 5.74) is 3.33. The number of likely N-dealkylation sites (tertiary alicyclic amines) is 1. The molecule has 2 heterocycles. The lowest BCUT2D eigenvalue weighted by molar-refractivity contribution is -0.140. The molecule has 0 unspecified atom stereocenters. The topological polar surface area (TPSA) is 78.1 Å². The molecule has 1 aromatic carbocycles. The third-order valence-electron chi connectivity index (χ3n) is 6.84. The number of benzene rings is 1. The van der Waals surface area contributed by atoms with Gasteiger partial charge in [0.1, 0.15) is 0 Å². The standard InChI is InChI=1S/C23H28N4O2/c28-21(20-18-11-6-12-19(18)25-26-20)27-14-23(15-27,13-16-7-2-1-3-8-16)22(29)24-17-9-4-5-10-17/h1-3,7-8,17H,4-6,9-15H2,(H,24,29)(H,25,26). The van der Waals surface area contributed by atoms with Crippen molar-refractivity contribution in [3.05, 3.63) is 52.8 Å². The summed E-state index contributed by atoms with van der Waals surface area (Å²) < 4.78 is 0. The highest BCUT2D eigenvalue weighted by Crippen LogP contribution is 2.37. The third kappa shape index (κ3) is 3.34. The molecule has 0 atom stereocenters. The lowest BCUT2D eigenvalue weighted by Crippen LogP contribution is -2.66. The van der Waals surface area contributed by atoms with Crippen LogP contribution in [0.5, 0.6) is 0 Å². The number of H-pyrrole nitrogens is 1. The van der Waals surface area contributed by atoms with Gasteiger partial charge in [0.05, 0.1) is 5.41 Å². The van der Waals surface area contributed by atoms with E-state index in [-0.39, 0.29) is 17.9 Å². The maximum atomic E-state index is 13.3. The number of amides is 2. The Morgan fingerprint density at radius 3 is 2.62 bits per heavy atom. The van der Waals surface area contributed by atoms with Gasteiger partial charge in [0.15, 0.2) is 5.69 Å². The zero-order chi connectivity index (χ0) is 19.8. The predicted octanol–water partition coefficient (Wildman–Crippen LogP) is 2.64. The molecule has 2 amide bonds. The van der Waals surface area contributed by atoms with Crippen LogP contribution in [-0.2, 0) is 24.1 Å². The molecule has 29 heavy (non-hydrogen) atoms. The van der Waals surface area contributed by atoms with E-state index in [4.69, 9.17) is 0 Å². The molecule has 1 aliphatic heterocycles. The Labute approximate surface area is 171 Å². The van der Waals surface area contributed by atoms with Crippen molar-refractivity contribution in [1.82, 2.24) is 20.4 Å². The molecular weight excluding hydrogens is 364 g/mol. The lowest BCUT2D eigenvalue weighted by atomic mass is 9.73. The minimum Gasteiger partial charge on any atom is -0.353 e. The molecule has 1 saturated heterocycles. The first-order valence-electron chi connectivity index (χ1n) is 10.8. The number of nitrogens with zero attached hydrogens (tertiary/aromatic N) is 2. The summed E-state index contributed by atoms with van der Waals surface area (Å²) in [6, 6.07) is 10.4. The highest BCUT2D eigenvalue weighted by Gasteiger charge is 2.52. The zero-order valence-corrected chi connectivity index (χ0v) is 16.7. The van der Waals surface area contributed by atoms with E-state index in [0.29, 0.717) is 25.2 Å². The van der Waals surface area contributed by atoms with Crippen LogP contribution in [0.1, 0.15) is 59.4 Å². The van der Waals surface area contributed by atoms with Gasteiger partial charge in [0, 0.05) is 30.4 Å². The second-order valence-corrected chi connectivity index (χ2v) is 8.94. The normalized spacial score (nSPS) is 20.3. The van der Waals surface area contributed by atoms with Gasteiger partial charge in [-0.2, -0.15) is 5.10 Å². The zero-order valence-electron chi connectivity index (χ0n) is 16.7. The monoisotopic (exact) mass is 392 g/mol. The molecule has 6 heteroatoms. The molecule has 2 fully saturated rings. The molecule has 0 spiro atoms. The molecule has 1 saturated carbocycles. The van der Waals surface area contributed by atoms with Gasteiger partial charge < -0.3 is 10.2 Å². The van der Waals surface area contributed by atoms with E-state index >= 15 is 0 Å². The SMILES string of the molecule is O=C(c1n[nH]c2c1CCC2)N1CC(Cc2ccccc2)(C(=O)NC2CCCC2)C1. The minimum atomic E-state index is -0.543. The maximum absolute atomic E-state index is 13.3. The van der Waals surface area contributed by atoms with Gasteiger partial charge in [-0.25, -0.2) is 0 Å². The number of carbonyl (C=O) groups is 2. The molecule has 0 bridgehead atoms. The van der Waals surface area contributed by atoms with Crippen LogP contribution < -0.4 is 5.32 Å². The van der Waals surface area contributed by atoms with Crippen molar-refractivity contribution >= 4 is 11.8 Å². The first-order valence-corrected chi connectivity index (χ1v) is 10.8. The minimum absolute atomic E-state index is 0.0400. The molecule has 5 rings (SSSR count). The van der Waals surface area contributed by atoms with E-state index < -0.39 is 5.41 Å². The van der Waals surface area contributed by atoms with Crippen molar-refractivity contribution in [2.75, 3.05) is 13.1 Å². The fourth-order valence-electron chi connectivity index (χ4n) is 5.20. The first kappa shape index (κ1) is 18.4. The van der Waals surface area contributed by atoms with Crippen molar-refractivity contribution in [3.63, 3.8) is 0 Å². The predicted molar refractivity (Wildman–Crippen MR) is 109 cm³/mol. The van der Waals surface area contributed by atoms with Crippen LogP contribution in [0.4, 0.5) is 0 Å². The van der Waals surface area contributed by atoms with Crippen LogP contribution in [0.3, 0.4) is 0 Å². The van der Waals surface area contributed by atoms with E-state index in [9.17, 15) is 9.59 Å². The number of fused-ring (bicyclic) bond motifs is 1. The van der Waals surface area contributed by atoms with Gasteiger partial charge in [0.2, 0.25) is 5.91 Å². The summed E-state index contributed by atoms with van der Waals surface area (Å²) in [5.74, 6) is 0.0614. The second-order valence-electron chi connectivity index (χ2n) is 8.94. The Balaban J connectivity index is 1.33. The number of carbonyl (C=O) groups excluding carboxylic acids is 2.